The highest BCUT2D eigenvalue weighted by Crippen LogP contribution is 2.50. The molecule has 16 atom stereocenters. The summed E-state index contributed by atoms with van der Waals surface area (Å²) in [6.07, 6.45) is -40.7. The minimum atomic E-state index is -3.75. The molecule has 0 spiro atoms. The molecule has 4 saturated heterocycles. The van der Waals surface area contributed by atoms with Gasteiger partial charge in [0.15, 0.2) is 46.0 Å². The molecular weight excluding hydrogens is 1520 g/mol. The molecule has 24 heteroatoms. The van der Waals surface area contributed by atoms with E-state index < -0.39 is 449 Å². The van der Waals surface area contributed by atoms with Crippen LogP contribution in [-0.4, -0.2) is 201 Å². The Hall–Kier alpha value is -7.16. The number of carbonyl (C=O) groups is 4. The molecule has 12 rings (SSSR count). The molecular formula is C96H152N8O16. The summed E-state index contributed by atoms with van der Waals surface area (Å²) in [6.45, 7) is -3.38. The topological polar surface area (TPSA) is 296 Å². The van der Waals surface area contributed by atoms with Gasteiger partial charge >= 0.3 is 23.9 Å². The second kappa shape index (κ2) is 43.9. The van der Waals surface area contributed by atoms with E-state index in [0.29, 0.717) is 0 Å². The first-order valence-corrected chi connectivity index (χ1v) is 39.2. The number of hydrogen-bond acceptors (Lipinski definition) is 24. The normalized spacial score (nSPS) is 43.3. The third-order valence-electron chi connectivity index (χ3n) is 19.0. The van der Waals surface area contributed by atoms with Gasteiger partial charge in [0.25, 0.3) is 0 Å². The Balaban J connectivity index is 0.000000254. The van der Waals surface area contributed by atoms with Crippen molar-refractivity contribution in [3.8, 4) is 46.0 Å². The molecule has 0 aromatic heterocycles. The maximum absolute atomic E-state index is 13.2. The SMILES string of the molecule is [2H]c1c(OC([2H])([2H])[2H])c(OC)c([2H])c2c1C([2H])([2H])C([2H])([2H])N1C([2H])([2H])C([2H])(CC(C)C)C(OC(=O)[C@@H](N)C(C)C)C([2H])([2H])C21[2H].[2H]c1c(OC)c(OC([2H])([2H])[2H])c([2H])c2c1C1N(C([2H])([2H])C2([2H])[2H])C([2H])([2H])C([2H])(CC(C)C)C([2H])(OC(=O)[C@@H](N)C(C)C)C1([2H])[2H].[2H]c1c(OC)c(OC)c([2H])c2c1C([2H])([2H])C([2H])([2H])N1C([2H])([2H])C([2H])(CC(C)C)C(OC(=O)[C@@H](N)C(C)C)C([2H])([2H])C21[2H].[2H]c1c(OC)c(OC)c([2H])c2c1C([2H])([2H])C([2H])([2H])N1C([2H])([2H])C([2H])(CC(C)C)C(OC(=O)[C@@H](N)C(C)C)C([2H])([2H])C21[2H]. The number of rotatable bonds is 28. The van der Waals surface area contributed by atoms with E-state index in [2.05, 4.69) is 0 Å². The van der Waals surface area contributed by atoms with Crippen molar-refractivity contribution in [2.45, 2.75) is 260 Å². The number of benzene rings is 4. The number of fused-ring (bicyclic) bond motifs is 12. The number of nitrogens with zero attached hydrogens (tertiary/aromatic N) is 4. The lowest BCUT2D eigenvalue weighted by Crippen LogP contribution is -2.51. The number of ether oxygens (including phenoxy) is 12. The van der Waals surface area contributed by atoms with Crippen LogP contribution in [0.5, 0.6) is 46.0 Å². The lowest BCUT2D eigenvalue weighted by Gasteiger charge is -2.47. The van der Waals surface area contributed by atoms with Gasteiger partial charge in [-0.3, -0.25) is 38.8 Å². The standard InChI is InChI=1S/4C24H38N2O4/c4*1-14(2)9-17-13-26-8-7-16-10-21(28-5)22(29-6)11-18(16)19(26)12-20(17)30-24(27)23(25)15(3)4/h4*10-11,14-15,17,19-20,23H,7-9,12-13,25H2,1-6H3/t4*17?,19?,20?,23-/m0000/s1/i5D3,7D2,8D2,10D,11D,12D2,13D2,17D,20D;5D3,7D2,8D2,10D,11D,12D2,13D2,17D,19D;2*7D2,8D2,10D,11D,12D2,13D2,17D,19D. The van der Waals surface area contributed by atoms with Crippen LogP contribution in [0, 0.1) is 70.9 Å². The van der Waals surface area contributed by atoms with Gasteiger partial charge in [0, 0.05) is 174 Å². The van der Waals surface area contributed by atoms with Crippen molar-refractivity contribution in [1.82, 2.24) is 19.6 Å². The Kier molecular flexibility index (Phi) is 16.9. The first-order chi connectivity index (χ1) is 77.7. The van der Waals surface area contributed by atoms with Crippen molar-refractivity contribution >= 4 is 23.9 Å². The van der Waals surface area contributed by atoms with E-state index in [1.54, 1.807) is 83.1 Å². The predicted molar refractivity (Wildman–Crippen MR) is 471 cm³/mol. The Morgan fingerprint density at radius 3 is 0.875 bits per heavy atom. The van der Waals surface area contributed by atoms with Gasteiger partial charge in [0.05, 0.1) is 81.4 Å². The van der Waals surface area contributed by atoms with Crippen LogP contribution in [0.25, 0.3) is 0 Å². The van der Waals surface area contributed by atoms with Crippen LogP contribution in [0.3, 0.4) is 0 Å². The van der Waals surface area contributed by atoms with Gasteiger partial charge < -0.3 is 79.8 Å². The third kappa shape index (κ3) is 23.8. The van der Waals surface area contributed by atoms with Crippen molar-refractivity contribution in [2.75, 3.05) is 109 Å². The zero-order valence-corrected chi connectivity index (χ0v) is 71.7. The quantitative estimate of drug-likeness (QED) is 0.0303. The molecule has 0 bridgehead atoms. The van der Waals surface area contributed by atoms with Gasteiger partial charge in [-0.05, 0) is 191 Å². The average molecular weight is 1730 g/mol. The summed E-state index contributed by atoms with van der Waals surface area (Å²) in [7, 11) is -0.255. The maximum atomic E-state index is 13.2. The summed E-state index contributed by atoms with van der Waals surface area (Å²) in [5, 5.41) is 0. The highest BCUT2D eigenvalue weighted by molar-refractivity contribution is 5.77. The highest BCUT2D eigenvalue weighted by Gasteiger charge is 2.47. The molecule has 4 fully saturated rings. The average Bonchev–Trinajstić information content (AvgIpc) is 0.642. The molecule has 4 aromatic rings. The molecule has 8 heterocycles. The van der Waals surface area contributed by atoms with Gasteiger partial charge in [0.1, 0.15) is 48.6 Å². The first kappa shape index (κ1) is 46.2. The smallest absolute Gasteiger partial charge is 0.323 e. The van der Waals surface area contributed by atoms with Crippen molar-refractivity contribution in [3.63, 3.8) is 0 Å². The molecule has 672 valence electrons. The molecule has 0 aliphatic carbocycles. The number of methoxy groups -OCH3 is 8. The Bertz CT molecular complexity index is 6600. The van der Waals surface area contributed by atoms with E-state index in [0.717, 1.165) is 42.7 Å². The Morgan fingerprint density at radius 1 is 0.358 bits per heavy atom. The van der Waals surface area contributed by atoms with Crippen LogP contribution in [0.15, 0.2) is 48.3 Å². The van der Waals surface area contributed by atoms with E-state index in [4.69, 9.17) is 126 Å². The summed E-state index contributed by atoms with van der Waals surface area (Å²) in [6, 6.07) is -26.1. The van der Waals surface area contributed by atoms with Crippen LogP contribution >= 0.6 is 0 Å². The third-order valence-corrected chi connectivity index (χ3v) is 19.0. The van der Waals surface area contributed by atoms with Gasteiger partial charge in [-0.15, -0.1) is 0 Å². The van der Waals surface area contributed by atoms with Crippen LogP contribution in [0.4, 0.5) is 0 Å². The maximum Gasteiger partial charge on any atom is 0.323 e. The lowest BCUT2D eigenvalue weighted by molar-refractivity contribution is -0.161. The molecule has 120 heavy (non-hydrogen) atoms. The lowest BCUT2D eigenvalue weighted by atomic mass is 9.79. The van der Waals surface area contributed by atoms with Crippen molar-refractivity contribution in [2.24, 2.45) is 93.9 Å². The Labute approximate surface area is 794 Å². The summed E-state index contributed by atoms with van der Waals surface area (Å²) in [5.41, 5.74) is 15.9. The molecule has 24 nitrogen and oxygen atoms in total. The van der Waals surface area contributed by atoms with Crippen LogP contribution in [0.1, 0.15) is 305 Å². The second-order valence-electron chi connectivity index (χ2n) is 31.6. The van der Waals surface area contributed by atoms with Gasteiger partial charge in [-0.1, -0.05) is 111 Å². The summed E-state index contributed by atoms with van der Waals surface area (Å²) >= 11 is 0. The number of piperidine rings is 4. The van der Waals surface area contributed by atoms with Crippen molar-refractivity contribution < 1.29 is 150 Å². The van der Waals surface area contributed by atoms with Crippen LogP contribution in [-0.2, 0) is 63.6 Å². The number of esters is 4. The second-order valence-corrected chi connectivity index (χ2v) is 31.6. The number of hydrogen-bond donors (Lipinski definition) is 4. The zero-order valence-electron chi connectivity index (χ0n) is 126. The molecule has 0 saturated carbocycles. The largest absolute Gasteiger partial charge is 0.493 e. The summed E-state index contributed by atoms with van der Waals surface area (Å²) in [4.78, 5) is 52.6. The number of nitrogens with two attached hydrogens (primary N) is 4. The Morgan fingerprint density at radius 2 is 0.600 bits per heavy atom. The first-order valence-electron chi connectivity index (χ1n) is 66.2. The monoisotopic (exact) mass is 1730 g/mol. The minimum Gasteiger partial charge on any atom is -0.493 e. The van der Waals surface area contributed by atoms with E-state index in [1.165, 1.54) is 27.7 Å². The van der Waals surface area contributed by atoms with E-state index in [9.17, 15) is 46.6 Å². The van der Waals surface area contributed by atoms with Crippen molar-refractivity contribution in [3.05, 3.63) is 92.8 Å². The van der Waals surface area contributed by atoms with Crippen molar-refractivity contribution in [1.29, 1.82) is 0 Å². The minimum absolute atomic E-state index is 0.0131. The highest BCUT2D eigenvalue weighted by atomic mass is 16.6. The van der Waals surface area contributed by atoms with Gasteiger partial charge in [-0.2, -0.15) is 0 Å². The number of carbonyl (C=O) groups excluding carboxylic acids is 4. The molecule has 12 unspecified atom stereocenters. The van der Waals surface area contributed by atoms with E-state index in [-0.39, 0.29) is 19.6 Å². The molecule has 4 aromatic carbocycles. The van der Waals surface area contributed by atoms with Crippen LogP contribution < -0.4 is 60.8 Å². The fourth-order valence-corrected chi connectivity index (χ4v) is 12.2. The zero-order chi connectivity index (χ0) is 136. The predicted octanol–water partition coefficient (Wildman–Crippen LogP) is 14.3. The molecule has 0 amide bonds. The molecule has 8 aliphatic heterocycles. The van der Waals surface area contributed by atoms with Gasteiger partial charge in [0.2, 0.25) is 0 Å². The van der Waals surface area contributed by atoms with E-state index in [1.807, 2.05) is 0 Å². The molecule has 0 radical (unpaired) electrons. The van der Waals surface area contributed by atoms with Gasteiger partial charge in [-0.25, -0.2) is 0 Å². The summed E-state index contributed by atoms with van der Waals surface area (Å²) in [5.74, 6) is -26.7. The molecule has 8 N–H and O–H groups in total. The van der Waals surface area contributed by atoms with Crippen LogP contribution in [0.2, 0.25) is 0 Å². The fourth-order valence-electron chi connectivity index (χ4n) is 12.2. The fraction of sp³-hybridized carbons (Fsp3) is 0.708. The van der Waals surface area contributed by atoms with E-state index >= 15 is 0 Å². The molecule has 8 aliphatic rings. The summed E-state index contributed by atoms with van der Waals surface area (Å²) < 4.78 is 543.